The van der Waals surface area contributed by atoms with Crippen molar-refractivity contribution in [3.8, 4) is 0 Å². The minimum atomic E-state index is -1.25. The Bertz CT molecular complexity index is 662. The highest BCUT2D eigenvalue weighted by molar-refractivity contribution is 7.85. The summed E-state index contributed by atoms with van der Waals surface area (Å²) in [4.78, 5) is 12.4. The van der Waals surface area contributed by atoms with E-state index in [9.17, 15) is 17.8 Å². The molecule has 0 aliphatic carbocycles. The Kier molecular flexibility index (Phi) is 5.16. The van der Waals surface area contributed by atoms with Crippen molar-refractivity contribution in [1.82, 2.24) is 5.32 Å². The highest BCUT2D eigenvalue weighted by Crippen LogP contribution is 2.09. The molecule has 1 unspecified atom stereocenters. The van der Waals surface area contributed by atoms with E-state index < -0.39 is 28.3 Å². The lowest BCUT2D eigenvalue weighted by atomic mass is 10.2. The van der Waals surface area contributed by atoms with E-state index in [0.717, 1.165) is 18.2 Å². The maximum atomic E-state index is 13.4. The first-order chi connectivity index (χ1) is 10.1. The molecule has 2 aromatic rings. The van der Waals surface area contributed by atoms with Crippen LogP contribution in [0.4, 0.5) is 8.78 Å². The van der Waals surface area contributed by atoms with Crippen molar-refractivity contribution >= 4 is 16.7 Å². The summed E-state index contributed by atoms with van der Waals surface area (Å²) in [6, 6.07) is 11.5. The largest absolute Gasteiger partial charge is 0.351 e. The van der Waals surface area contributed by atoms with Gasteiger partial charge in [-0.05, 0) is 30.3 Å². The minimum Gasteiger partial charge on any atom is -0.351 e. The van der Waals surface area contributed by atoms with Gasteiger partial charge in [0.2, 0.25) is 0 Å². The van der Waals surface area contributed by atoms with E-state index in [0.29, 0.717) is 4.90 Å². The monoisotopic (exact) mass is 309 g/mol. The van der Waals surface area contributed by atoms with Gasteiger partial charge in [-0.1, -0.05) is 18.2 Å². The number of halogens is 2. The topological polar surface area (TPSA) is 46.2 Å². The number of hydrogen-bond acceptors (Lipinski definition) is 2. The molecule has 0 fully saturated rings. The zero-order valence-corrected chi connectivity index (χ0v) is 11.8. The van der Waals surface area contributed by atoms with Gasteiger partial charge in [-0.3, -0.25) is 9.00 Å². The van der Waals surface area contributed by atoms with Crippen LogP contribution in [0.15, 0.2) is 53.4 Å². The standard InChI is InChI=1S/C15H13F2NO2S/c16-11-6-7-14(17)13(10-11)15(19)18-8-9-21(20)12-4-2-1-3-5-12/h1-7,10H,8-9H2,(H,18,19). The number of carbonyl (C=O) groups excluding carboxylic acids is 1. The summed E-state index contributed by atoms with van der Waals surface area (Å²) in [6.07, 6.45) is 0. The average Bonchev–Trinajstić information content (AvgIpc) is 2.50. The molecule has 3 nitrogen and oxygen atoms in total. The van der Waals surface area contributed by atoms with E-state index in [1.807, 2.05) is 6.07 Å². The van der Waals surface area contributed by atoms with Crippen molar-refractivity contribution in [2.75, 3.05) is 12.3 Å². The summed E-state index contributed by atoms with van der Waals surface area (Å²) in [5.74, 6) is -2.00. The summed E-state index contributed by atoms with van der Waals surface area (Å²) < 4.78 is 38.3. The fourth-order valence-electron chi connectivity index (χ4n) is 1.71. The van der Waals surface area contributed by atoms with Gasteiger partial charge in [0.05, 0.1) is 16.4 Å². The van der Waals surface area contributed by atoms with Crippen LogP contribution < -0.4 is 5.32 Å². The molecule has 1 atom stereocenters. The van der Waals surface area contributed by atoms with Crippen LogP contribution in [0.2, 0.25) is 0 Å². The predicted molar refractivity (Wildman–Crippen MR) is 76.4 cm³/mol. The van der Waals surface area contributed by atoms with Gasteiger partial charge in [0.15, 0.2) is 0 Å². The molecule has 110 valence electrons. The molecule has 0 bridgehead atoms. The lowest BCUT2D eigenvalue weighted by molar-refractivity contribution is 0.0951. The molecular weight excluding hydrogens is 296 g/mol. The lowest BCUT2D eigenvalue weighted by Gasteiger charge is -2.06. The zero-order valence-electron chi connectivity index (χ0n) is 11.0. The van der Waals surface area contributed by atoms with Gasteiger partial charge in [-0.2, -0.15) is 0 Å². The van der Waals surface area contributed by atoms with Crippen molar-refractivity contribution in [2.24, 2.45) is 0 Å². The van der Waals surface area contributed by atoms with Crippen LogP contribution in [0.25, 0.3) is 0 Å². The molecule has 1 amide bonds. The highest BCUT2D eigenvalue weighted by Gasteiger charge is 2.12. The van der Waals surface area contributed by atoms with Gasteiger partial charge in [0, 0.05) is 17.2 Å². The molecule has 21 heavy (non-hydrogen) atoms. The molecule has 0 saturated heterocycles. The third-order valence-electron chi connectivity index (χ3n) is 2.75. The molecule has 0 aliphatic rings. The summed E-state index contributed by atoms with van der Waals surface area (Å²) in [6.45, 7) is 0.107. The second-order valence-electron chi connectivity index (χ2n) is 4.24. The smallest absolute Gasteiger partial charge is 0.254 e. The SMILES string of the molecule is O=C(NCCS(=O)c1ccccc1)c1cc(F)ccc1F. The van der Waals surface area contributed by atoms with Crippen LogP contribution >= 0.6 is 0 Å². The van der Waals surface area contributed by atoms with Gasteiger partial charge in [-0.25, -0.2) is 8.78 Å². The van der Waals surface area contributed by atoms with E-state index in [2.05, 4.69) is 5.32 Å². The maximum absolute atomic E-state index is 13.4. The number of rotatable bonds is 5. The quantitative estimate of drug-likeness (QED) is 0.922. The predicted octanol–water partition coefficient (Wildman–Crippen LogP) is 2.50. The molecule has 0 heterocycles. The Hall–Kier alpha value is -2.08. The van der Waals surface area contributed by atoms with Crippen molar-refractivity contribution in [3.05, 3.63) is 65.7 Å². The lowest BCUT2D eigenvalue weighted by Crippen LogP contribution is -2.28. The molecular formula is C15H13F2NO2S. The number of nitrogens with one attached hydrogen (secondary N) is 1. The van der Waals surface area contributed by atoms with Gasteiger partial charge < -0.3 is 5.32 Å². The van der Waals surface area contributed by atoms with Gasteiger partial charge in [0.25, 0.3) is 5.91 Å². The molecule has 6 heteroatoms. The Labute approximate surface area is 123 Å². The van der Waals surface area contributed by atoms with Gasteiger partial charge in [0.1, 0.15) is 11.6 Å². The normalized spacial score (nSPS) is 11.9. The van der Waals surface area contributed by atoms with Crippen LogP contribution in [0.1, 0.15) is 10.4 Å². The fourth-order valence-corrected chi connectivity index (χ4v) is 2.70. The molecule has 2 aromatic carbocycles. The van der Waals surface area contributed by atoms with Crippen molar-refractivity contribution in [1.29, 1.82) is 0 Å². The van der Waals surface area contributed by atoms with E-state index in [-0.39, 0.29) is 17.9 Å². The van der Waals surface area contributed by atoms with E-state index in [1.165, 1.54) is 0 Å². The van der Waals surface area contributed by atoms with Crippen molar-refractivity contribution in [3.63, 3.8) is 0 Å². The van der Waals surface area contributed by atoms with Gasteiger partial charge in [-0.15, -0.1) is 0 Å². The van der Waals surface area contributed by atoms with Crippen LogP contribution in [0.3, 0.4) is 0 Å². The van der Waals surface area contributed by atoms with Gasteiger partial charge >= 0.3 is 0 Å². The molecule has 0 aliphatic heterocycles. The summed E-state index contributed by atoms with van der Waals surface area (Å²) in [7, 11) is -1.25. The number of carbonyl (C=O) groups is 1. The first-order valence-electron chi connectivity index (χ1n) is 6.24. The van der Waals surface area contributed by atoms with E-state index in [1.54, 1.807) is 24.3 Å². The van der Waals surface area contributed by atoms with Crippen LogP contribution in [0, 0.1) is 11.6 Å². The Morgan fingerprint density at radius 2 is 1.81 bits per heavy atom. The first kappa shape index (κ1) is 15.3. The minimum absolute atomic E-state index is 0.107. The third-order valence-corrected chi connectivity index (χ3v) is 4.13. The number of amides is 1. The molecule has 0 saturated carbocycles. The first-order valence-corrected chi connectivity index (χ1v) is 7.56. The van der Waals surface area contributed by atoms with Crippen molar-refractivity contribution in [2.45, 2.75) is 4.90 Å². The van der Waals surface area contributed by atoms with E-state index in [4.69, 9.17) is 0 Å². The van der Waals surface area contributed by atoms with Crippen LogP contribution in [-0.2, 0) is 10.8 Å². The molecule has 0 radical (unpaired) electrons. The zero-order chi connectivity index (χ0) is 15.2. The van der Waals surface area contributed by atoms with Crippen LogP contribution in [-0.4, -0.2) is 22.4 Å². The maximum Gasteiger partial charge on any atom is 0.254 e. The second kappa shape index (κ2) is 7.08. The average molecular weight is 309 g/mol. The Morgan fingerprint density at radius 3 is 2.52 bits per heavy atom. The molecule has 2 rings (SSSR count). The third kappa shape index (κ3) is 4.19. The number of benzene rings is 2. The Morgan fingerprint density at radius 1 is 1.10 bits per heavy atom. The molecule has 0 spiro atoms. The summed E-state index contributed by atoms with van der Waals surface area (Å²) in [5.41, 5.74) is -0.361. The fraction of sp³-hybridized carbons (Fsp3) is 0.133. The number of hydrogen-bond donors (Lipinski definition) is 1. The molecule has 0 aromatic heterocycles. The molecule has 1 N–H and O–H groups in total. The van der Waals surface area contributed by atoms with Crippen LogP contribution in [0.5, 0.6) is 0 Å². The summed E-state index contributed by atoms with van der Waals surface area (Å²) >= 11 is 0. The second-order valence-corrected chi connectivity index (χ2v) is 5.81. The highest BCUT2D eigenvalue weighted by atomic mass is 32.2. The Balaban J connectivity index is 1.90. The summed E-state index contributed by atoms with van der Waals surface area (Å²) in [5, 5.41) is 2.43. The van der Waals surface area contributed by atoms with E-state index >= 15 is 0 Å². The van der Waals surface area contributed by atoms with Crippen molar-refractivity contribution < 1.29 is 17.8 Å².